The smallest absolute Gasteiger partial charge is 0.422 e. The standard InChI is InChI=1S/C19H16F3N5OS/c1-12-2-3-13(15(8-12)28-11-19(20,21)22)9-23-16-4-5-17-24-25-18(27(17)26-16)14-6-7-29-10-14/h2-8,10H,9,11H2,1H3,(H,23,26). The molecule has 4 aromatic rings. The molecule has 1 N–H and O–H groups in total. The zero-order valence-corrected chi connectivity index (χ0v) is 16.1. The molecule has 0 saturated heterocycles. The third kappa shape index (κ3) is 4.48. The molecule has 0 atom stereocenters. The van der Waals surface area contributed by atoms with Crippen LogP contribution in [0.25, 0.3) is 17.0 Å². The van der Waals surface area contributed by atoms with E-state index in [1.807, 2.05) is 22.9 Å². The lowest BCUT2D eigenvalue weighted by Gasteiger charge is -2.14. The number of hydrogen-bond donors (Lipinski definition) is 1. The molecule has 29 heavy (non-hydrogen) atoms. The molecular formula is C19H16F3N5OS. The van der Waals surface area contributed by atoms with Crippen LogP contribution in [-0.4, -0.2) is 32.6 Å². The number of rotatable bonds is 6. The van der Waals surface area contributed by atoms with Gasteiger partial charge in [0.2, 0.25) is 0 Å². The molecule has 0 spiro atoms. The van der Waals surface area contributed by atoms with Gasteiger partial charge in [-0.15, -0.1) is 15.3 Å². The van der Waals surface area contributed by atoms with E-state index in [-0.39, 0.29) is 12.3 Å². The number of fused-ring (bicyclic) bond motifs is 1. The van der Waals surface area contributed by atoms with Crippen molar-refractivity contribution in [2.45, 2.75) is 19.6 Å². The number of ether oxygens (including phenoxy) is 1. The molecule has 0 aliphatic heterocycles. The molecule has 0 aliphatic rings. The average Bonchev–Trinajstić information content (AvgIpc) is 3.34. The number of thiophene rings is 1. The minimum Gasteiger partial charge on any atom is -0.484 e. The van der Waals surface area contributed by atoms with Crippen molar-refractivity contribution in [3.05, 3.63) is 58.3 Å². The first-order valence-corrected chi connectivity index (χ1v) is 9.61. The minimum absolute atomic E-state index is 0.194. The summed E-state index contributed by atoms with van der Waals surface area (Å²) in [5.74, 6) is 1.35. The van der Waals surface area contributed by atoms with Gasteiger partial charge in [-0.25, -0.2) is 0 Å². The summed E-state index contributed by atoms with van der Waals surface area (Å²) in [6.45, 7) is 0.714. The van der Waals surface area contributed by atoms with Crippen LogP contribution in [-0.2, 0) is 6.54 Å². The summed E-state index contributed by atoms with van der Waals surface area (Å²) in [5, 5.41) is 19.8. The van der Waals surface area contributed by atoms with Crippen LogP contribution >= 0.6 is 11.3 Å². The van der Waals surface area contributed by atoms with Crippen LogP contribution in [0.2, 0.25) is 0 Å². The van der Waals surface area contributed by atoms with Crippen LogP contribution in [0.15, 0.2) is 47.2 Å². The molecule has 150 valence electrons. The van der Waals surface area contributed by atoms with Crippen molar-refractivity contribution in [3.8, 4) is 17.1 Å². The molecular weight excluding hydrogens is 403 g/mol. The Labute approximate surface area is 168 Å². The highest BCUT2D eigenvalue weighted by atomic mass is 32.1. The Bertz CT molecular complexity index is 1120. The fourth-order valence-corrected chi connectivity index (χ4v) is 3.38. The lowest BCUT2D eigenvalue weighted by Crippen LogP contribution is -2.20. The molecule has 3 aromatic heterocycles. The second-order valence-electron chi connectivity index (χ2n) is 6.39. The molecule has 0 bridgehead atoms. The Morgan fingerprint density at radius 3 is 2.76 bits per heavy atom. The van der Waals surface area contributed by atoms with Gasteiger partial charge in [-0.3, -0.25) is 0 Å². The first-order chi connectivity index (χ1) is 13.9. The predicted molar refractivity (Wildman–Crippen MR) is 104 cm³/mol. The van der Waals surface area contributed by atoms with E-state index in [4.69, 9.17) is 4.74 Å². The van der Waals surface area contributed by atoms with Crippen LogP contribution < -0.4 is 10.1 Å². The Hall–Kier alpha value is -3.14. The molecule has 3 heterocycles. The molecule has 4 rings (SSSR count). The van der Waals surface area contributed by atoms with Gasteiger partial charge in [0, 0.05) is 23.1 Å². The number of aromatic nitrogens is 4. The summed E-state index contributed by atoms with van der Waals surface area (Å²) in [4.78, 5) is 0. The highest BCUT2D eigenvalue weighted by Gasteiger charge is 2.28. The number of benzene rings is 1. The minimum atomic E-state index is -4.40. The third-order valence-electron chi connectivity index (χ3n) is 4.12. The van der Waals surface area contributed by atoms with Crippen molar-refractivity contribution < 1.29 is 17.9 Å². The van der Waals surface area contributed by atoms with Gasteiger partial charge in [-0.1, -0.05) is 12.1 Å². The van der Waals surface area contributed by atoms with Crippen LogP contribution in [0.1, 0.15) is 11.1 Å². The number of alkyl halides is 3. The maximum Gasteiger partial charge on any atom is 0.422 e. The molecule has 0 unspecified atom stereocenters. The normalized spacial score (nSPS) is 11.7. The second-order valence-corrected chi connectivity index (χ2v) is 7.17. The molecule has 0 aliphatic carbocycles. The van der Waals surface area contributed by atoms with E-state index in [9.17, 15) is 13.2 Å². The van der Waals surface area contributed by atoms with Crippen molar-refractivity contribution in [1.29, 1.82) is 0 Å². The van der Waals surface area contributed by atoms with Gasteiger partial charge in [-0.05, 0) is 42.1 Å². The Morgan fingerprint density at radius 2 is 2.00 bits per heavy atom. The van der Waals surface area contributed by atoms with Crippen LogP contribution in [0.5, 0.6) is 5.75 Å². The zero-order valence-electron chi connectivity index (χ0n) is 15.3. The largest absolute Gasteiger partial charge is 0.484 e. The Morgan fingerprint density at radius 1 is 1.14 bits per heavy atom. The van der Waals surface area contributed by atoms with Crippen molar-refractivity contribution in [3.63, 3.8) is 0 Å². The molecule has 0 saturated carbocycles. The quantitative estimate of drug-likeness (QED) is 0.490. The molecule has 0 amide bonds. The maximum absolute atomic E-state index is 12.5. The molecule has 6 nitrogen and oxygen atoms in total. The van der Waals surface area contributed by atoms with Crippen molar-refractivity contribution in [2.24, 2.45) is 0 Å². The number of nitrogens with one attached hydrogen (secondary N) is 1. The van der Waals surface area contributed by atoms with E-state index >= 15 is 0 Å². The van der Waals surface area contributed by atoms with Gasteiger partial charge in [-0.2, -0.15) is 29.0 Å². The first kappa shape index (κ1) is 19.2. The van der Waals surface area contributed by atoms with E-state index in [0.29, 0.717) is 22.9 Å². The summed E-state index contributed by atoms with van der Waals surface area (Å²) in [5.41, 5.74) is 2.92. The fourth-order valence-electron chi connectivity index (χ4n) is 2.74. The summed E-state index contributed by atoms with van der Waals surface area (Å²) in [6, 6.07) is 10.6. The predicted octanol–water partition coefficient (Wildman–Crippen LogP) is 4.71. The maximum atomic E-state index is 12.5. The number of anilines is 1. The van der Waals surface area contributed by atoms with Crippen molar-refractivity contribution in [2.75, 3.05) is 11.9 Å². The van der Waals surface area contributed by atoms with E-state index in [1.165, 1.54) is 0 Å². The van der Waals surface area contributed by atoms with E-state index in [1.54, 1.807) is 47.0 Å². The Balaban J connectivity index is 1.55. The van der Waals surface area contributed by atoms with Gasteiger partial charge >= 0.3 is 6.18 Å². The summed E-state index contributed by atoms with van der Waals surface area (Å²) in [7, 11) is 0. The Kier molecular flexibility index (Phi) is 5.10. The van der Waals surface area contributed by atoms with Crippen LogP contribution in [0, 0.1) is 6.92 Å². The van der Waals surface area contributed by atoms with Crippen LogP contribution in [0.3, 0.4) is 0 Å². The summed E-state index contributed by atoms with van der Waals surface area (Å²) < 4.78 is 44.2. The number of hydrogen-bond acceptors (Lipinski definition) is 6. The topological polar surface area (TPSA) is 64.3 Å². The SMILES string of the molecule is Cc1ccc(CNc2ccc3nnc(-c4ccsc4)n3n2)c(OCC(F)(F)F)c1. The van der Waals surface area contributed by atoms with Gasteiger partial charge in [0.05, 0.1) is 0 Å². The summed E-state index contributed by atoms with van der Waals surface area (Å²) in [6.07, 6.45) is -4.40. The number of aryl methyl sites for hydroxylation is 1. The van der Waals surface area contributed by atoms with Gasteiger partial charge in [0.1, 0.15) is 11.6 Å². The lowest BCUT2D eigenvalue weighted by molar-refractivity contribution is -0.153. The average molecular weight is 419 g/mol. The second kappa shape index (κ2) is 7.70. The molecule has 10 heteroatoms. The first-order valence-electron chi connectivity index (χ1n) is 8.67. The van der Waals surface area contributed by atoms with Crippen LogP contribution in [0.4, 0.5) is 19.0 Å². The third-order valence-corrected chi connectivity index (χ3v) is 4.80. The van der Waals surface area contributed by atoms with E-state index in [2.05, 4.69) is 20.6 Å². The van der Waals surface area contributed by atoms with Gasteiger partial charge in [0.15, 0.2) is 18.1 Å². The monoisotopic (exact) mass is 419 g/mol. The molecule has 0 radical (unpaired) electrons. The highest BCUT2D eigenvalue weighted by molar-refractivity contribution is 7.08. The zero-order chi connectivity index (χ0) is 20.4. The van der Waals surface area contributed by atoms with E-state index in [0.717, 1.165) is 11.1 Å². The van der Waals surface area contributed by atoms with E-state index < -0.39 is 12.8 Å². The lowest BCUT2D eigenvalue weighted by atomic mass is 10.1. The van der Waals surface area contributed by atoms with Crippen molar-refractivity contribution >= 4 is 22.8 Å². The number of nitrogens with zero attached hydrogens (tertiary/aromatic N) is 4. The van der Waals surface area contributed by atoms with Gasteiger partial charge < -0.3 is 10.1 Å². The summed E-state index contributed by atoms with van der Waals surface area (Å²) >= 11 is 1.55. The molecule has 0 fully saturated rings. The highest BCUT2D eigenvalue weighted by Crippen LogP contribution is 2.25. The fraction of sp³-hybridized carbons (Fsp3) is 0.211. The van der Waals surface area contributed by atoms with Crippen molar-refractivity contribution in [1.82, 2.24) is 19.8 Å². The van der Waals surface area contributed by atoms with Gasteiger partial charge in [0.25, 0.3) is 0 Å². The number of halogens is 3. The molecule has 1 aromatic carbocycles.